The highest BCUT2D eigenvalue weighted by Crippen LogP contribution is 2.15. The summed E-state index contributed by atoms with van der Waals surface area (Å²) in [4.78, 5) is 35.4. The molecule has 0 saturated carbocycles. The number of ether oxygens (including phenoxy) is 4. The van der Waals surface area contributed by atoms with Crippen LogP contribution in [-0.2, 0) is 32.0 Å². The summed E-state index contributed by atoms with van der Waals surface area (Å²) in [5, 5.41) is 18.6. The molecule has 1 fully saturated rings. The van der Waals surface area contributed by atoms with Gasteiger partial charge in [-0.2, -0.15) is 0 Å². The molecule has 0 atom stereocenters. The highest BCUT2D eigenvalue weighted by Gasteiger charge is 2.14. The molecule has 0 radical (unpaired) electrons. The van der Waals surface area contributed by atoms with Gasteiger partial charge < -0.3 is 32.7 Å². The van der Waals surface area contributed by atoms with Crippen LogP contribution < -0.4 is 3.53 Å². The molecule has 0 unspecified atom stereocenters. The lowest BCUT2D eigenvalue weighted by Crippen LogP contribution is -2.33. The summed E-state index contributed by atoms with van der Waals surface area (Å²) in [7, 11) is 0. The largest absolute Gasteiger partial charge is 0.477 e. The Morgan fingerprint density at radius 3 is 1.68 bits per heavy atom. The standard InChI is InChI=1S/C26H36IN5O8/c27-30-21-16-22(29-24(17-21)26(35)36)19-32-6-10-39-14-12-37-8-4-31(5-9-38-13-15-40-11-7-32)18-20-2-1-3-23(28-20)25(33)34/h1-3,16-17H,4-15,18-19H2,(H,29,30)(H,33,34)(H,35,36). The van der Waals surface area contributed by atoms with E-state index in [1.54, 1.807) is 6.07 Å². The Balaban J connectivity index is 1.51. The number of hydrogen-bond acceptors (Lipinski definition) is 11. The molecule has 3 N–H and O–H groups in total. The number of nitrogens with one attached hydrogen (secondary N) is 1. The number of aromatic nitrogens is 2. The average Bonchev–Trinajstić information content (AvgIpc) is 2.94. The van der Waals surface area contributed by atoms with E-state index in [1.807, 2.05) is 35.0 Å². The van der Waals surface area contributed by atoms with Crippen LogP contribution in [0.15, 0.2) is 30.3 Å². The molecule has 0 amide bonds. The topological polar surface area (TPSA) is 156 Å². The van der Waals surface area contributed by atoms with Gasteiger partial charge in [0.2, 0.25) is 0 Å². The Morgan fingerprint density at radius 2 is 1.20 bits per heavy atom. The number of halogens is 1. The quantitative estimate of drug-likeness (QED) is 0.290. The van der Waals surface area contributed by atoms with Crippen LogP contribution in [0.5, 0.6) is 0 Å². The van der Waals surface area contributed by atoms with Crippen molar-refractivity contribution in [1.82, 2.24) is 19.8 Å². The second-order valence-corrected chi connectivity index (χ2v) is 9.49. The first-order valence-corrected chi connectivity index (χ1v) is 14.1. The number of carbonyl (C=O) groups is 2. The van der Waals surface area contributed by atoms with E-state index in [4.69, 9.17) is 18.9 Å². The SMILES string of the molecule is O=C(O)c1cccc(CN2CCOCCOCCN(Cc3cc(NI)cc(C(=O)O)n3)CCOCCOCC2)n1. The smallest absolute Gasteiger partial charge is 0.354 e. The van der Waals surface area contributed by atoms with Gasteiger partial charge in [0, 0.05) is 45.0 Å². The van der Waals surface area contributed by atoms with Crippen LogP contribution in [0.4, 0.5) is 5.69 Å². The Kier molecular flexibility index (Phi) is 14.5. The normalized spacial score (nSPS) is 17.9. The second kappa shape index (κ2) is 18.1. The molecule has 220 valence electrons. The number of anilines is 1. The molecule has 3 heterocycles. The molecule has 13 nitrogen and oxygen atoms in total. The van der Waals surface area contributed by atoms with Crippen LogP contribution >= 0.6 is 22.9 Å². The third-order valence-corrected chi connectivity index (χ3v) is 6.58. The fraction of sp³-hybridized carbons (Fsp3) is 0.538. The maximum absolute atomic E-state index is 11.5. The summed E-state index contributed by atoms with van der Waals surface area (Å²) >= 11 is 1.96. The van der Waals surface area contributed by atoms with Crippen molar-refractivity contribution in [3.63, 3.8) is 0 Å². The Labute approximate surface area is 247 Å². The van der Waals surface area contributed by atoms with Crippen molar-refractivity contribution in [2.45, 2.75) is 13.1 Å². The summed E-state index contributed by atoms with van der Waals surface area (Å²) in [5.74, 6) is -2.13. The summed E-state index contributed by atoms with van der Waals surface area (Å²) in [5.41, 5.74) is 2.00. The minimum Gasteiger partial charge on any atom is -0.477 e. The first-order chi connectivity index (χ1) is 19.4. The molecular weight excluding hydrogens is 637 g/mol. The number of carboxylic acids is 2. The van der Waals surface area contributed by atoms with Crippen LogP contribution in [0, 0.1) is 0 Å². The van der Waals surface area contributed by atoms with Gasteiger partial charge in [-0.3, -0.25) is 9.80 Å². The molecule has 1 aliphatic rings. The van der Waals surface area contributed by atoms with Gasteiger partial charge in [0.1, 0.15) is 5.69 Å². The first-order valence-electron chi connectivity index (χ1n) is 13.0. The summed E-state index contributed by atoms with van der Waals surface area (Å²) < 4.78 is 26.0. The van der Waals surface area contributed by atoms with Gasteiger partial charge in [0.15, 0.2) is 5.69 Å². The van der Waals surface area contributed by atoms with Crippen molar-refractivity contribution < 1.29 is 38.7 Å². The first kappa shape index (κ1) is 32.0. The summed E-state index contributed by atoms with van der Waals surface area (Å²) in [6, 6.07) is 8.30. The van der Waals surface area contributed by atoms with Crippen LogP contribution in [0.3, 0.4) is 0 Å². The summed E-state index contributed by atoms with van der Waals surface area (Å²) in [6.07, 6.45) is 0. The molecular formula is C26H36IN5O8. The average molecular weight is 674 g/mol. The number of hydrogen-bond donors (Lipinski definition) is 3. The monoisotopic (exact) mass is 673 g/mol. The predicted octanol–water partition coefficient (Wildman–Crippen LogP) is 2.02. The lowest BCUT2D eigenvalue weighted by Gasteiger charge is -2.23. The lowest BCUT2D eigenvalue weighted by atomic mass is 10.2. The zero-order valence-electron chi connectivity index (χ0n) is 22.3. The number of rotatable bonds is 7. The zero-order chi connectivity index (χ0) is 28.6. The van der Waals surface area contributed by atoms with Crippen LogP contribution in [0.2, 0.25) is 0 Å². The molecule has 0 aromatic carbocycles. The number of pyridine rings is 2. The van der Waals surface area contributed by atoms with Crippen LogP contribution in [0.25, 0.3) is 0 Å². The minimum atomic E-state index is -1.08. The third-order valence-electron chi connectivity index (χ3n) is 5.96. The molecule has 2 aromatic heterocycles. The van der Waals surface area contributed by atoms with Gasteiger partial charge >= 0.3 is 11.9 Å². The fourth-order valence-electron chi connectivity index (χ4n) is 3.94. The number of carboxylic acid groups (broad SMARTS) is 2. The van der Waals surface area contributed by atoms with E-state index in [0.717, 1.165) is 0 Å². The van der Waals surface area contributed by atoms with Gasteiger partial charge in [-0.05, 0) is 24.3 Å². The van der Waals surface area contributed by atoms with Gasteiger partial charge in [-0.1, -0.05) is 6.07 Å². The fourth-order valence-corrected chi connectivity index (χ4v) is 4.25. The summed E-state index contributed by atoms with van der Waals surface area (Å²) in [6.45, 7) is 7.07. The molecule has 0 spiro atoms. The molecule has 1 saturated heterocycles. The van der Waals surface area contributed by atoms with Crippen molar-refractivity contribution in [2.24, 2.45) is 0 Å². The van der Waals surface area contributed by atoms with Crippen molar-refractivity contribution in [3.05, 3.63) is 53.1 Å². The maximum atomic E-state index is 11.5. The third kappa shape index (κ3) is 12.0. The van der Waals surface area contributed by atoms with Crippen molar-refractivity contribution in [1.29, 1.82) is 0 Å². The van der Waals surface area contributed by atoms with E-state index in [2.05, 4.69) is 23.3 Å². The van der Waals surface area contributed by atoms with Crippen molar-refractivity contribution in [3.8, 4) is 0 Å². The van der Waals surface area contributed by atoms with Gasteiger partial charge in [0.05, 0.1) is 87.1 Å². The molecule has 0 bridgehead atoms. The van der Waals surface area contributed by atoms with Crippen molar-refractivity contribution in [2.75, 3.05) is 82.6 Å². The molecule has 1 aliphatic heterocycles. The number of nitrogens with zero attached hydrogens (tertiary/aromatic N) is 4. The number of aromatic carboxylic acids is 2. The van der Waals surface area contributed by atoms with Gasteiger partial charge in [0.25, 0.3) is 0 Å². The Hall–Kier alpha value is -2.47. The van der Waals surface area contributed by atoms with E-state index in [-0.39, 0.29) is 11.4 Å². The minimum absolute atomic E-state index is 0.0107. The Bertz CT molecular complexity index is 1060. The zero-order valence-corrected chi connectivity index (χ0v) is 24.5. The second-order valence-electron chi connectivity index (χ2n) is 8.95. The molecule has 2 aromatic rings. The van der Waals surface area contributed by atoms with Crippen LogP contribution in [0.1, 0.15) is 32.4 Å². The molecule has 40 heavy (non-hydrogen) atoms. The van der Waals surface area contributed by atoms with E-state index in [0.29, 0.717) is 109 Å². The van der Waals surface area contributed by atoms with E-state index in [1.165, 1.54) is 12.1 Å². The van der Waals surface area contributed by atoms with Gasteiger partial charge in [-0.25, -0.2) is 19.6 Å². The Morgan fingerprint density at radius 1 is 0.725 bits per heavy atom. The maximum Gasteiger partial charge on any atom is 0.354 e. The van der Waals surface area contributed by atoms with E-state index < -0.39 is 11.9 Å². The van der Waals surface area contributed by atoms with Gasteiger partial charge in [-0.15, -0.1) is 0 Å². The predicted molar refractivity (Wildman–Crippen MR) is 154 cm³/mol. The lowest BCUT2D eigenvalue weighted by molar-refractivity contribution is 0.00597. The van der Waals surface area contributed by atoms with E-state index >= 15 is 0 Å². The van der Waals surface area contributed by atoms with Crippen LogP contribution in [-0.4, -0.2) is 121 Å². The molecule has 0 aliphatic carbocycles. The van der Waals surface area contributed by atoms with Crippen molar-refractivity contribution >= 4 is 40.5 Å². The highest BCUT2D eigenvalue weighted by molar-refractivity contribution is 14.1. The molecule has 14 heteroatoms. The molecule has 3 rings (SSSR count). The highest BCUT2D eigenvalue weighted by atomic mass is 127. The van der Waals surface area contributed by atoms with E-state index in [9.17, 15) is 19.8 Å².